The van der Waals surface area contributed by atoms with Gasteiger partial charge in [0.05, 0.1) is 38.6 Å². The van der Waals surface area contributed by atoms with E-state index in [1.807, 2.05) is 12.3 Å². The number of pyridine rings is 1. The van der Waals surface area contributed by atoms with Crippen molar-refractivity contribution >= 4 is 65.5 Å². The second-order valence-electron chi connectivity index (χ2n) is 14.8. The zero-order valence-electron chi connectivity index (χ0n) is 30.9. The summed E-state index contributed by atoms with van der Waals surface area (Å²) < 4.78 is 7.13. The number of benzene rings is 8. The molecule has 0 aliphatic carbocycles. The molecule has 0 spiro atoms. The molecule has 4 heterocycles. The van der Waals surface area contributed by atoms with Gasteiger partial charge in [-0.15, -0.1) is 0 Å². The standard InChI is InChI=1S/C53H34N4/c1-3-12-39(13-4-1)55-45-18-9-7-16-42(45)51-48(55)31-32-49-52(51)43-17-8-10-19-46(43)56(49)41-28-25-36(26-29-41)35-21-23-37(24-22-35)38-27-30-47-44(34-38)53-50(20-11-33-54-53)57(47)40-14-5-2-6-15-40/h1-34H. The average Bonchev–Trinajstić information content (AvgIpc) is 3.92. The normalized spacial score (nSPS) is 11.9. The monoisotopic (exact) mass is 726 g/mol. The molecule has 0 N–H and O–H groups in total. The molecule has 0 saturated carbocycles. The smallest absolute Gasteiger partial charge is 0.0963 e. The Morgan fingerprint density at radius 3 is 1.26 bits per heavy atom. The Kier molecular flexibility index (Phi) is 6.89. The Morgan fingerprint density at radius 1 is 0.281 bits per heavy atom. The van der Waals surface area contributed by atoms with Crippen molar-refractivity contribution in [3.05, 3.63) is 206 Å². The van der Waals surface area contributed by atoms with Crippen LogP contribution in [0.1, 0.15) is 0 Å². The van der Waals surface area contributed by atoms with Crippen LogP contribution in [0.3, 0.4) is 0 Å². The predicted molar refractivity (Wildman–Crippen MR) is 238 cm³/mol. The van der Waals surface area contributed by atoms with Crippen molar-refractivity contribution in [2.75, 3.05) is 0 Å². The van der Waals surface area contributed by atoms with E-state index in [2.05, 4.69) is 208 Å². The summed E-state index contributed by atoms with van der Waals surface area (Å²) in [5.74, 6) is 0. The molecule has 57 heavy (non-hydrogen) atoms. The van der Waals surface area contributed by atoms with Gasteiger partial charge in [0.15, 0.2) is 0 Å². The topological polar surface area (TPSA) is 27.7 Å². The van der Waals surface area contributed by atoms with Gasteiger partial charge in [-0.2, -0.15) is 0 Å². The fourth-order valence-corrected chi connectivity index (χ4v) is 9.18. The van der Waals surface area contributed by atoms with E-state index in [4.69, 9.17) is 4.98 Å². The third-order valence-corrected chi connectivity index (χ3v) is 11.7. The van der Waals surface area contributed by atoms with E-state index < -0.39 is 0 Å². The number of para-hydroxylation sites is 4. The molecule has 0 amide bonds. The molecule has 0 fully saturated rings. The van der Waals surface area contributed by atoms with Crippen LogP contribution in [0.5, 0.6) is 0 Å². The lowest BCUT2D eigenvalue weighted by Gasteiger charge is -2.11. The predicted octanol–water partition coefficient (Wildman–Crippen LogP) is 13.7. The second-order valence-corrected chi connectivity index (χ2v) is 14.8. The fraction of sp³-hybridized carbons (Fsp3) is 0. The maximum atomic E-state index is 4.82. The van der Waals surface area contributed by atoms with Crippen molar-refractivity contribution in [1.82, 2.24) is 18.7 Å². The molecule has 4 heteroatoms. The van der Waals surface area contributed by atoms with Gasteiger partial charge >= 0.3 is 0 Å². The molecule has 0 bridgehead atoms. The summed E-state index contributed by atoms with van der Waals surface area (Å²) in [6.07, 6.45) is 1.88. The number of rotatable bonds is 5. The van der Waals surface area contributed by atoms with E-state index in [1.54, 1.807) is 0 Å². The van der Waals surface area contributed by atoms with Gasteiger partial charge in [-0.3, -0.25) is 4.98 Å². The van der Waals surface area contributed by atoms with E-state index in [9.17, 15) is 0 Å². The Bertz CT molecular complexity index is 3480. The summed E-state index contributed by atoms with van der Waals surface area (Å²) in [4.78, 5) is 4.82. The number of aromatic nitrogens is 4. The number of fused-ring (bicyclic) bond motifs is 10. The first-order chi connectivity index (χ1) is 28.3. The molecule has 0 saturated heterocycles. The molecule has 0 atom stereocenters. The molecule has 0 aliphatic heterocycles. The maximum absolute atomic E-state index is 4.82. The van der Waals surface area contributed by atoms with Crippen molar-refractivity contribution in [1.29, 1.82) is 0 Å². The van der Waals surface area contributed by atoms with E-state index in [0.29, 0.717) is 0 Å². The molecule has 4 nitrogen and oxygen atoms in total. The highest BCUT2D eigenvalue weighted by Gasteiger charge is 2.20. The van der Waals surface area contributed by atoms with Crippen LogP contribution in [0.4, 0.5) is 0 Å². The molecule has 8 aromatic carbocycles. The molecular weight excluding hydrogens is 693 g/mol. The van der Waals surface area contributed by atoms with Crippen molar-refractivity contribution in [2.45, 2.75) is 0 Å². The van der Waals surface area contributed by atoms with Crippen LogP contribution >= 0.6 is 0 Å². The Balaban J connectivity index is 0.930. The number of hydrogen-bond acceptors (Lipinski definition) is 1. The number of nitrogens with zero attached hydrogens (tertiary/aromatic N) is 4. The summed E-state index contributed by atoms with van der Waals surface area (Å²) in [6, 6.07) is 72.3. The van der Waals surface area contributed by atoms with E-state index in [1.165, 1.54) is 71.6 Å². The first kappa shape index (κ1) is 31.6. The highest BCUT2D eigenvalue weighted by atomic mass is 15.0. The van der Waals surface area contributed by atoms with Crippen molar-refractivity contribution in [3.63, 3.8) is 0 Å². The highest BCUT2D eigenvalue weighted by Crippen LogP contribution is 2.42. The largest absolute Gasteiger partial charge is 0.309 e. The molecule has 0 aliphatic rings. The zero-order valence-corrected chi connectivity index (χ0v) is 30.9. The van der Waals surface area contributed by atoms with Gasteiger partial charge in [0.2, 0.25) is 0 Å². The molecule has 0 radical (unpaired) electrons. The molecular formula is C53H34N4. The quantitative estimate of drug-likeness (QED) is 0.174. The average molecular weight is 727 g/mol. The summed E-state index contributed by atoms with van der Waals surface area (Å²) in [6.45, 7) is 0. The van der Waals surface area contributed by atoms with Gasteiger partial charge in [0.1, 0.15) is 0 Å². The van der Waals surface area contributed by atoms with E-state index in [-0.39, 0.29) is 0 Å². The van der Waals surface area contributed by atoms with Crippen molar-refractivity contribution < 1.29 is 0 Å². The first-order valence-electron chi connectivity index (χ1n) is 19.5. The highest BCUT2D eigenvalue weighted by molar-refractivity contribution is 6.29. The third-order valence-electron chi connectivity index (χ3n) is 11.7. The van der Waals surface area contributed by atoms with Crippen LogP contribution < -0.4 is 0 Å². The van der Waals surface area contributed by atoms with Crippen LogP contribution in [0.25, 0.3) is 105 Å². The summed E-state index contributed by atoms with van der Waals surface area (Å²) in [5, 5.41) is 6.24. The second kappa shape index (κ2) is 12.4. The minimum atomic E-state index is 1.02. The Morgan fingerprint density at radius 2 is 0.684 bits per heavy atom. The van der Waals surface area contributed by atoms with Gasteiger partial charge in [0, 0.05) is 50.2 Å². The lowest BCUT2D eigenvalue weighted by molar-refractivity contribution is 1.17. The van der Waals surface area contributed by atoms with Crippen LogP contribution in [-0.2, 0) is 0 Å². The van der Waals surface area contributed by atoms with E-state index >= 15 is 0 Å². The summed E-state index contributed by atoms with van der Waals surface area (Å²) in [5.41, 5.74) is 16.3. The summed E-state index contributed by atoms with van der Waals surface area (Å²) in [7, 11) is 0. The molecule has 0 unspecified atom stereocenters. The van der Waals surface area contributed by atoms with Crippen molar-refractivity contribution in [2.24, 2.45) is 0 Å². The number of hydrogen-bond donors (Lipinski definition) is 0. The summed E-state index contributed by atoms with van der Waals surface area (Å²) >= 11 is 0. The molecule has 4 aromatic heterocycles. The minimum absolute atomic E-state index is 1.02. The minimum Gasteiger partial charge on any atom is -0.309 e. The van der Waals surface area contributed by atoms with E-state index in [0.717, 1.165) is 33.3 Å². The maximum Gasteiger partial charge on any atom is 0.0963 e. The van der Waals surface area contributed by atoms with Gasteiger partial charge in [-0.05, 0) is 107 Å². The fourth-order valence-electron chi connectivity index (χ4n) is 9.18. The van der Waals surface area contributed by atoms with Crippen LogP contribution in [-0.4, -0.2) is 18.7 Å². The molecule has 266 valence electrons. The van der Waals surface area contributed by atoms with Crippen LogP contribution in [0.15, 0.2) is 206 Å². The van der Waals surface area contributed by atoms with Crippen molar-refractivity contribution in [3.8, 4) is 39.3 Å². The molecule has 12 rings (SSSR count). The Hall–Kier alpha value is -7.69. The van der Waals surface area contributed by atoms with Gasteiger partial charge in [-0.25, -0.2) is 0 Å². The van der Waals surface area contributed by atoms with Crippen LogP contribution in [0.2, 0.25) is 0 Å². The van der Waals surface area contributed by atoms with Crippen LogP contribution in [0, 0.1) is 0 Å². The zero-order chi connectivity index (χ0) is 37.5. The van der Waals surface area contributed by atoms with Gasteiger partial charge < -0.3 is 13.7 Å². The third kappa shape index (κ3) is 4.77. The van der Waals surface area contributed by atoms with Gasteiger partial charge in [0.25, 0.3) is 0 Å². The lowest BCUT2D eigenvalue weighted by atomic mass is 9.99. The lowest BCUT2D eigenvalue weighted by Crippen LogP contribution is -1.94. The SMILES string of the molecule is c1ccc(-n2c3ccc(-c4ccc(-c5ccc(-n6c7ccccc7c7c8c9ccccc9n(-c9ccccc9)c8ccc76)cc5)cc4)cc3c3ncccc32)cc1. The molecule has 12 aromatic rings. The van der Waals surface area contributed by atoms with Gasteiger partial charge in [-0.1, -0.05) is 115 Å². The Labute approximate surface area is 328 Å². The first-order valence-corrected chi connectivity index (χ1v) is 19.5.